The molecule has 3 rings (SSSR count). The van der Waals surface area contributed by atoms with Crippen molar-refractivity contribution in [2.24, 2.45) is 0 Å². The van der Waals surface area contributed by atoms with Gasteiger partial charge in [0, 0.05) is 16.1 Å². The van der Waals surface area contributed by atoms with Crippen LogP contribution in [0.3, 0.4) is 0 Å². The van der Waals surface area contributed by atoms with Gasteiger partial charge >= 0.3 is 5.97 Å². The first-order valence-electron chi connectivity index (χ1n) is 6.97. The topological polar surface area (TPSA) is 75.6 Å². The maximum atomic E-state index is 12.3. The van der Waals surface area contributed by atoms with E-state index in [1.807, 2.05) is 41.8 Å². The van der Waals surface area contributed by atoms with Crippen molar-refractivity contribution in [3.8, 4) is 10.4 Å². The van der Waals surface area contributed by atoms with Crippen LogP contribution in [-0.2, 0) is 14.3 Å². The number of carbonyl (C=O) groups is 2. The molecule has 2 heterocycles. The molecule has 0 spiro atoms. The predicted octanol–water partition coefficient (Wildman–Crippen LogP) is 2.99. The first-order chi connectivity index (χ1) is 10.6. The number of thiophene rings is 1. The molecule has 1 amide bonds. The van der Waals surface area contributed by atoms with Crippen LogP contribution in [0.1, 0.15) is 12.8 Å². The van der Waals surface area contributed by atoms with Crippen LogP contribution >= 0.6 is 11.3 Å². The molecule has 1 aromatic carbocycles. The maximum Gasteiger partial charge on any atom is 0.332 e. The SMILES string of the molecule is O=C(O)[C@@H]1CC[C@H](C(=O)Nc2ccccc2-c2cccs2)O1. The van der Waals surface area contributed by atoms with Gasteiger partial charge in [-0.2, -0.15) is 0 Å². The van der Waals surface area contributed by atoms with E-state index >= 15 is 0 Å². The van der Waals surface area contributed by atoms with E-state index in [9.17, 15) is 9.59 Å². The minimum atomic E-state index is -1.02. The lowest BCUT2D eigenvalue weighted by Crippen LogP contribution is -2.30. The number of rotatable bonds is 4. The van der Waals surface area contributed by atoms with Crippen molar-refractivity contribution in [3.63, 3.8) is 0 Å². The van der Waals surface area contributed by atoms with Crippen LogP contribution < -0.4 is 5.32 Å². The average molecular weight is 317 g/mol. The van der Waals surface area contributed by atoms with Crippen LogP contribution in [0, 0.1) is 0 Å². The van der Waals surface area contributed by atoms with Gasteiger partial charge in [0.2, 0.25) is 0 Å². The second kappa shape index (κ2) is 6.29. The Balaban J connectivity index is 1.74. The Kier molecular flexibility index (Phi) is 4.22. The first-order valence-corrected chi connectivity index (χ1v) is 7.85. The fourth-order valence-corrected chi connectivity index (χ4v) is 3.23. The van der Waals surface area contributed by atoms with Gasteiger partial charge in [0.15, 0.2) is 6.10 Å². The summed E-state index contributed by atoms with van der Waals surface area (Å²) < 4.78 is 5.28. The van der Waals surface area contributed by atoms with Gasteiger partial charge in [0.25, 0.3) is 5.91 Å². The van der Waals surface area contributed by atoms with Crippen molar-refractivity contribution in [1.29, 1.82) is 0 Å². The Bertz CT molecular complexity index is 683. The zero-order valence-corrected chi connectivity index (χ0v) is 12.5. The van der Waals surface area contributed by atoms with Crippen molar-refractivity contribution in [2.75, 3.05) is 5.32 Å². The average Bonchev–Trinajstić information content (AvgIpc) is 3.19. The first kappa shape index (κ1) is 14.7. The number of anilines is 1. The summed E-state index contributed by atoms with van der Waals surface area (Å²) in [7, 11) is 0. The van der Waals surface area contributed by atoms with Gasteiger partial charge in [-0.3, -0.25) is 4.79 Å². The number of carbonyl (C=O) groups excluding carboxylic acids is 1. The summed E-state index contributed by atoms with van der Waals surface area (Å²) in [5, 5.41) is 13.7. The second-order valence-corrected chi connectivity index (χ2v) is 5.99. The highest BCUT2D eigenvalue weighted by atomic mass is 32.1. The molecule has 22 heavy (non-hydrogen) atoms. The van der Waals surface area contributed by atoms with E-state index in [2.05, 4.69) is 5.32 Å². The highest BCUT2D eigenvalue weighted by Crippen LogP contribution is 2.32. The number of amides is 1. The number of ether oxygens (including phenoxy) is 1. The fourth-order valence-electron chi connectivity index (χ4n) is 2.46. The Morgan fingerprint density at radius 1 is 1.14 bits per heavy atom. The molecule has 1 aliphatic heterocycles. The molecule has 2 atom stereocenters. The molecule has 1 saturated heterocycles. The molecule has 114 valence electrons. The van der Waals surface area contributed by atoms with Gasteiger partial charge in [0.05, 0.1) is 0 Å². The molecule has 2 N–H and O–H groups in total. The van der Waals surface area contributed by atoms with E-state index in [0.29, 0.717) is 18.5 Å². The smallest absolute Gasteiger partial charge is 0.332 e. The van der Waals surface area contributed by atoms with Gasteiger partial charge in [-0.05, 0) is 30.4 Å². The zero-order valence-electron chi connectivity index (χ0n) is 11.7. The van der Waals surface area contributed by atoms with Gasteiger partial charge < -0.3 is 15.2 Å². The Labute approximate surface area is 131 Å². The molecule has 1 aromatic heterocycles. The lowest BCUT2D eigenvalue weighted by molar-refractivity contribution is -0.150. The second-order valence-electron chi connectivity index (χ2n) is 5.04. The summed E-state index contributed by atoms with van der Waals surface area (Å²) >= 11 is 1.59. The fraction of sp³-hybridized carbons (Fsp3) is 0.250. The summed E-state index contributed by atoms with van der Waals surface area (Å²) in [6.07, 6.45) is -0.815. The van der Waals surface area contributed by atoms with Crippen LogP contribution in [0.5, 0.6) is 0 Å². The summed E-state index contributed by atoms with van der Waals surface area (Å²) in [6.45, 7) is 0. The quantitative estimate of drug-likeness (QED) is 0.909. The highest BCUT2D eigenvalue weighted by Gasteiger charge is 2.34. The van der Waals surface area contributed by atoms with Crippen molar-refractivity contribution >= 4 is 28.9 Å². The number of aliphatic carboxylic acids is 1. The molecule has 5 nitrogen and oxygen atoms in total. The maximum absolute atomic E-state index is 12.3. The van der Waals surface area contributed by atoms with Crippen molar-refractivity contribution in [1.82, 2.24) is 0 Å². The van der Waals surface area contributed by atoms with Crippen LogP contribution in [0.2, 0.25) is 0 Å². The number of hydrogen-bond acceptors (Lipinski definition) is 4. The van der Waals surface area contributed by atoms with Crippen molar-refractivity contribution in [3.05, 3.63) is 41.8 Å². The summed E-state index contributed by atoms with van der Waals surface area (Å²) in [6, 6.07) is 11.5. The third-order valence-electron chi connectivity index (χ3n) is 3.56. The Morgan fingerprint density at radius 3 is 2.59 bits per heavy atom. The lowest BCUT2D eigenvalue weighted by atomic mass is 10.1. The zero-order chi connectivity index (χ0) is 15.5. The third kappa shape index (κ3) is 3.03. The van der Waals surface area contributed by atoms with Gasteiger partial charge in [-0.25, -0.2) is 4.79 Å². The molecular weight excluding hydrogens is 302 g/mol. The number of nitrogens with one attached hydrogen (secondary N) is 1. The summed E-state index contributed by atoms with van der Waals surface area (Å²) in [5.74, 6) is -1.32. The van der Waals surface area contributed by atoms with E-state index < -0.39 is 18.2 Å². The van der Waals surface area contributed by atoms with E-state index in [0.717, 1.165) is 10.4 Å². The normalized spacial score (nSPS) is 20.7. The highest BCUT2D eigenvalue weighted by molar-refractivity contribution is 7.13. The standard InChI is InChI=1S/C16H15NO4S/c18-15(12-7-8-13(21-12)16(19)20)17-11-5-2-1-4-10(11)14-6-3-9-22-14/h1-6,9,12-13H,7-8H2,(H,17,18)(H,19,20)/t12-,13+/m1/s1. The van der Waals surface area contributed by atoms with Crippen LogP contribution in [0.25, 0.3) is 10.4 Å². The number of carboxylic acid groups (broad SMARTS) is 1. The monoisotopic (exact) mass is 317 g/mol. The molecule has 1 aliphatic rings. The van der Waals surface area contributed by atoms with Gasteiger partial charge in [-0.1, -0.05) is 24.3 Å². The van der Waals surface area contributed by atoms with Gasteiger partial charge in [-0.15, -0.1) is 11.3 Å². The molecule has 0 unspecified atom stereocenters. The molecule has 0 radical (unpaired) electrons. The Hall–Kier alpha value is -2.18. The Morgan fingerprint density at radius 2 is 1.91 bits per heavy atom. The minimum absolute atomic E-state index is 0.298. The largest absolute Gasteiger partial charge is 0.479 e. The molecule has 6 heteroatoms. The number of hydrogen-bond donors (Lipinski definition) is 2. The van der Waals surface area contributed by atoms with Crippen molar-refractivity contribution < 1.29 is 19.4 Å². The molecular formula is C16H15NO4S. The van der Waals surface area contributed by atoms with Crippen LogP contribution in [0.4, 0.5) is 5.69 Å². The van der Waals surface area contributed by atoms with Crippen LogP contribution in [0.15, 0.2) is 41.8 Å². The lowest BCUT2D eigenvalue weighted by Gasteiger charge is -2.14. The van der Waals surface area contributed by atoms with E-state index in [1.165, 1.54) is 0 Å². The molecule has 0 aliphatic carbocycles. The minimum Gasteiger partial charge on any atom is -0.479 e. The number of para-hydroxylation sites is 1. The number of benzene rings is 1. The van der Waals surface area contributed by atoms with Gasteiger partial charge in [0.1, 0.15) is 6.10 Å². The molecule has 1 fully saturated rings. The van der Waals surface area contributed by atoms with E-state index in [1.54, 1.807) is 11.3 Å². The van der Waals surface area contributed by atoms with Crippen LogP contribution in [-0.4, -0.2) is 29.2 Å². The molecule has 0 saturated carbocycles. The summed E-state index contributed by atoms with van der Waals surface area (Å²) in [5.41, 5.74) is 1.65. The molecule has 2 aromatic rings. The van der Waals surface area contributed by atoms with E-state index in [-0.39, 0.29) is 5.91 Å². The predicted molar refractivity (Wildman–Crippen MR) is 83.9 cm³/mol. The third-order valence-corrected chi connectivity index (χ3v) is 4.46. The van der Waals surface area contributed by atoms with Crippen molar-refractivity contribution in [2.45, 2.75) is 25.0 Å². The summed E-state index contributed by atoms with van der Waals surface area (Å²) in [4.78, 5) is 24.2. The number of carboxylic acids is 1. The molecule has 0 bridgehead atoms. The van der Waals surface area contributed by atoms with E-state index in [4.69, 9.17) is 9.84 Å².